The molecule has 2 aromatic heterocycles. The summed E-state index contributed by atoms with van der Waals surface area (Å²) in [6.07, 6.45) is 2.73. The third-order valence-electron chi connectivity index (χ3n) is 2.81. The Morgan fingerprint density at radius 1 is 1.57 bits per heavy atom. The van der Waals surface area contributed by atoms with Crippen LogP contribution in [0, 0.1) is 10.1 Å². The molecule has 0 saturated heterocycles. The maximum Gasteiger partial charge on any atom is 0.339 e. The Balaban J connectivity index is 2.30. The van der Waals surface area contributed by atoms with E-state index in [0.717, 1.165) is 6.07 Å². The van der Waals surface area contributed by atoms with Gasteiger partial charge < -0.3 is 14.5 Å². The number of nitrogens with zero attached hydrogens (tertiary/aromatic N) is 2. The zero-order valence-corrected chi connectivity index (χ0v) is 11.4. The van der Waals surface area contributed by atoms with Crippen molar-refractivity contribution in [1.29, 1.82) is 0 Å². The topological polar surface area (TPSA) is 108 Å². The molecular weight excluding hydrogens is 278 g/mol. The van der Waals surface area contributed by atoms with E-state index in [-0.39, 0.29) is 23.1 Å². The van der Waals surface area contributed by atoms with E-state index in [1.54, 1.807) is 19.1 Å². The minimum absolute atomic E-state index is 0.0143. The third-order valence-corrected chi connectivity index (χ3v) is 2.81. The van der Waals surface area contributed by atoms with Gasteiger partial charge in [-0.15, -0.1) is 0 Å². The van der Waals surface area contributed by atoms with Gasteiger partial charge in [-0.3, -0.25) is 10.1 Å². The van der Waals surface area contributed by atoms with E-state index in [2.05, 4.69) is 15.0 Å². The van der Waals surface area contributed by atoms with E-state index >= 15 is 0 Å². The summed E-state index contributed by atoms with van der Waals surface area (Å²) < 4.78 is 9.73. The predicted molar refractivity (Wildman–Crippen MR) is 73.0 cm³/mol. The number of hydrogen-bond donors (Lipinski definition) is 1. The van der Waals surface area contributed by atoms with Gasteiger partial charge in [0.05, 0.1) is 29.9 Å². The zero-order chi connectivity index (χ0) is 15.4. The number of nitro groups is 1. The summed E-state index contributed by atoms with van der Waals surface area (Å²) in [4.78, 5) is 25.8. The molecular formula is C13H13N3O5. The molecule has 0 aliphatic rings. The Bertz CT molecular complexity index is 654. The van der Waals surface area contributed by atoms with Crippen molar-refractivity contribution in [3.8, 4) is 0 Å². The maximum absolute atomic E-state index is 11.4. The van der Waals surface area contributed by atoms with Crippen LogP contribution < -0.4 is 5.32 Å². The first-order chi connectivity index (χ1) is 10.0. The van der Waals surface area contributed by atoms with Crippen molar-refractivity contribution in [2.45, 2.75) is 13.0 Å². The van der Waals surface area contributed by atoms with E-state index in [0.29, 0.717) is 5.76 Å². The Morgan fingerprint density at radius 2 is 2.33 bits per heavy atom. The predicted octanol–water partition coefficient (Wildman–Crippen LogP) is 2.54. The van der Waals surface area contributed by atoms with Crippen molar-refractivity contribution in [3.63, 3.8) is 0 Å². The lowest BCUT2D eigenvalue weighted by Gasteiger charge is -2.12. The highest BCUT2D eigenvalue weighted by Crippen LogP contribution is 2.27. The first-order valence-corrected chi connectivity index (χ1v) is 6.05. The van der Waals surface area contributed by atoms with Crippen LogP contribution in [0.5, 0.6) is 0 Å². The molecule has 0 aliphatic heterocycles. The molecule has 2 heterocycles. The summed E-state index contributed by atoms with van der Waals surface area (Å²) in [6.45, 7) is 1.78. The number of nitrogens with one attached hydrogen (secondary N) is 1. The molecule has 0 amide bonds. The summed E-state index contributed by atoms with van der Waals surface area (Å²) in [7, 11) is 1.19. The lowest BCUT2D eigenvalue weighted by molar-refractivity contribution is -0.384. The summed E-state index contributed by atoms with van der Waals surface area (Å²) in [5, 5.41) is 14.0. The molecule has 0 bridgehead atoms. The number of hydrogen-bond acceptors (Lipinski definition) is 7. The maximum atomic E-state index is 11.4. The molecule has 2 aromatic rings. The van der Waals surface area contributed by atoms with Crippen LogP contribution >= 0.6 is 0 Å². The lowest BCUT2D eigenvalue weighted by Crippen LogP contribution is -2.11. The number of aromatic nitrogens is 1. The Kier molecular flexibility index (Phi) is 4.17. The molecule has 0 aliphatic carbocycles. The van der Waals surface area contributed by atoms with Crippen molar-refractivity contribution < 1.29 is 18.9 Å². The van der Waals surface area contributed by atoms with Gasteiger partial charge in [-0.2, -0.15) is 0 Å². The molecule has 0 saturated carbocycles. The van der Waals surface area contributed by atoms with Gasteiger partial charge in [0.1, 0.15) is 5.76 Å². The summed E-state index contributed by atoms with van der Waals surface area (Å²) in [6, 6.07) is 4.27. The fraction of sp³-hybridized carbons (Fsp3) is 0.231. The van der Waals surface area contributed by atoms with Crippen LogP contribution in [-0.2, 0) is 4.74 Å². The number of esters is 1. The van der Waals surface area contributed by atoms with Gasteiger partial charge >= 0.3 is 11.7 Å². The minimum atomic E-state index is -0.684. The van der Waals surface area contributed by atoms with Gasteiger partial charge in [-0.1, -0.05) is 0 Å². The molecule has 0 radical (unpaired) electrons. The molecule has 1 N–H and O–H groups in total. The number of ether oxygens (including phenoxy) is 1. The first-order valence-electron chi connectivity index (χ1n) is 6.05. The quantitative estimate of drug-likeness (QED) is 0.512. The van der Waals surface area contributed by atoms with Crippen LogP contribution in [0.2, 0.25) is 0 Å². The van der Waals surface area contributed by atoms with Crippen LogP contribution in [0.15, 0.2) is 35.1 Å². The van der Waals surface area contributed by atoms with E-state index < -0.39 is 10.9 Å². The van der Waals surface area contributed by atoms with E-state index in [4.69, 9.17) is 4.42 Å². The van der Waals surface area contributed by atoms with Gasteiger partial charge in [0.25, 0.3) is 0 Å². The average Bonchev–Trinajstić information content (AvgIpc) is 3.00. The van der Waals surface area contributed by atoms with Crippen LogP contribution in [0.1, 0.15) is 29.1 Å². The number of carbonyl (C=O) groups is 1. The van der Waals surface area contributed by atoms with E-state index in [1.807, 2.05) is 0 Å². The fourth-order valence-corrected chi connectivity index (χ4v) is 1.75. The van der Waals surface area contributed by atoms with Crippen LogP contribution in [0.4, 0.5) is 11.5 Å². The first kappa shape index (κ1) is 14.5. The third kappa shape index (κ3) is 3.16. The molecule has 8 heteroatoms. The van der Waals surface area contributed by atoms with Crippen molar-refractivity contribution in [1.82, 2.24) is 4.98 Å². The second kappa shape index (κ2) is 6.04. The molecule has 21 heavy (non-hydrogen) atoms. The number of furan rings is 1. The number of anilines is 1. The highest BCUT2D eigenvalue weighted by atomic mass is 16.6. The average molecular weight is 291 g/mol. The largest absolute Gasteiger partial charge is 0.467 e. The van der Waals surface area contributed by atoms with Gasteiger partial charge in [0.2, 0.25) is 5.82 Å². The second-order valence-electron chi connectivity index (χ2n) is 4.22. The Morgan fingerprint density at radius 3 is 2.90 bits per heavy atom. The number of rotatable bonds is 5. The van der Waals surface area contributed by atoms with Crippen LogP contribution in [0.3, 0.4) is 0 Å². The molecule has 0 fully saturated rings. The van der Waals surface area contributed by atoms with Crippen LogP contribution in [-0.4, -0.2) is 23.0 Å². The number of methoxy groups -OCH3 is 1. The van der Waals surface area contributed by atoms with Crippen molar-refractivity contribution in [2.75, 3.05) is 12.4 Å². The SMILES string of the molecule is COC(=O)c1cnc(NC(C)c2ccco2)c([N+](=O)[O-])c1. The van der Waals surface area contributed by atoms with E-state index in [1.165, 1.54) is 19.6 Å². The summed E-state index contributed by atoms with van der Waals surface area (Å²) >= 11 is 0. The van der Waals surface area contributed by atoms with Crippen molar-refractivity contribution >= 4 is 17.5 Å². The molecule has 1 atom stereocenters. The standard InChI is InChI=1S/C13H13N3O5/c1-8(11-4-3-5-21-11)15-12-10(16(18)19)6-9(7-14-12)13(17)20-2/h3-8H,1-2H3,(H,14,15). The molecule has 1 unspecified atom stereocenters. The Labute approximate surface area is 119 Å². The molecule has 110 valence electrons. The zero-order valence-electron chi connectivity index (χ0n) is 11.4. The monoisotopic (exact) mass is 291 g/mol. The van der Waals surface area contributed by atoms with Gasteiger partial charge in [-0.05, 0) is 19.1 Å². The molecule has 2 rings (SSSR count). The lowest BCUT2D eigenvalue weighted by atomic mass is 10.2. The second-order valence-corrected chi connectivity index (χ2v) is 4.22. The van der Waals surface area contributed by atoms with E-state index in [9.17, 15) is 14.9 Å². The number of carbonyl (C=O) groups excluding carboxylic acids is 1. The smallest absolute Gasteiger partial charge is 0.339 e. The molecule has 0 aromatic carbocycles. The highest BCUT2D eigenvalue weighted by Gasteiger charge is 2.21. The van der Waals surface area contributed by atoms with Gasteiger partial charge in [0.15, 0.2) is 0 Å². The van der Waals surface area contributed by atoms with Gasteiger partial charge in [0, 0.05) is 12.3 Å². The highest BCUT2D eigenvalue weighted by molar-refractivity contribution is 5.90. The van der Waals surface area contributed by atoms with Crippen molar-refractivity contribution in [2.24, 2.45) is 0 Å². The molecule has 0 spiro atoms. The summed E-state index contributed by atoms with van der Waals surface area (Å²) in [5.74, 6) is -0.0177. The number of pyridine rings is 1. The summed E-state index contributed by atoms with van der Waals surface area (Å²) in [5.41, 5.74) is -0.295. The fourth-order valence-electron chi connectivity index (χ4n) is 1.75. The Hall–Kier alpha value is -2.90. The molecule has 8 nitrogen and oxygen atoms in total. The minimum Gasteiger partial charge on any atom is -0.467 e. The van der Waals surface area contributed by atoms with Gasteiger partial charge in [-0.25, -0.2) is 9.78 Å². The normalized spacial score (nSPS) is 11.7. The van der Waals surface area contributed by atoms with Crippen molar-refractivity contribution in [3.05, 3.63) is 52.1 Å². The van der Waals surface area contributed by atoms with Crippen LogP contribution in [0.25, 0.3) is 0 Å².